The molecule has 0 aliphatic carbocycles. The lowest BCUT2D eigenvalue weighted by Crippen LogP contribution is -2.27. The molecule has 0 unspecified atom stereocenters. The fourth-order valence-corrected chi connectivity index (χ4v) is 4.35. The molecule has 2 aromatic carbocycles. The van der Waals surface area contributed by atoms with Gasteiger partial charge in [-0.1, -0.05) is 65.6 Å². The van der Waals surface area contributed by atoms with Crippen molar-refractivity contribution in [2.45, 2.75) is 10.9 Å². The molecule has 0 aliphatic heterocycles. The average Bonchev–Trinajstić information content (AvgIpc) is 3.22. The normalized spacial score (nSPS) is 10.8. The summed E-state index contributed by atoms with van der Waals surface area (Å²) in [5.41, 5.74) is 0.927. The Morgan fingerprint density at radius 3 is 2.63 bits per heavy atom. The molecule has 1 N–H and O–H groups in total. The lowest BCUT2D eigenvalue weighted by Gasteiger charge is -2.05. The van der Waals surface area contributed by atoms with Gasteiger partial charge in [-0.3, -0.25) is 24.3 Å². The molecule has 0 bridgehead atoms. The SMILES string of the molecule is O=C(Cn1cnc2ccccc2c1=O)Nc1nnc(SCC(=O)c2ccccc2)s1. The molecule has 1 amide bonds. The first-order chi connectivity index (χ1) is 14.6. The van der Waals surface area contributed by atoms with E-state index in [1.807, 2.05) is 18.2 Å². The maximum atomic E-state index is 12.5. The Bertz CT molecular complexity index is 1270. The van der Waals surface area contributed by atoms with E-state index in [1.54, 1.807) is 36.4 Å². The number of aromatic nitrogens is 4. The van der Waals surface area contributed by atoms with Crippen molar-refractivity contribution >= 4 is 50.8 Å². The fourth-order valence-electron chi connectivity index (χ4n) is 2.69. The van der Waals surface area contributed by atoms with Gasteiger partial charge in [0.2, 0.25) is 11.0 Å². The molecule has 4 aromatic rings. The lowest BCUT2D eigenvalue weighted by atomic mass is 10.2. The second-order valence-electron chi connectivity index (χ2n) is 6.19. The number of nitrogens with zero attached hydrogens (tertiary/aromatic N) is 4. The Balaban J connectivity index is 1.36. The summed E-state index contributed by atoms with van der Waals surface area (Å²) in [6, 6.07) is 16.0. The molecule has 0 atom stereocenters. The van der Waals surface area contributed by atoms with Crippen molar-refractivity contribution in [2.75, 3.05) is 11.1 Å². The first-order valence-electron chi connectivity index (χ1n) is 8.89. The van der Waals surface area contributed by atoms with Crippen LogP contribution < -0.4 is 10.9 Å². The van der Waals surface area contributed by atoms with Crippen molar-refractivity contribution in [1.82, 2.24) is 19.7 Å². The molecule has 150 valence electrons. The molecule has 2 heterocycles. The number of nitrogens with one attached hydrogen (secondary N) is 1. The van der Waals surface area contributed by atoms with E-state index in [-0.39, 0.29) is 23.6 Å². The van der Waals surface area contributed by atoms with E-state index in [0.717, 1.165) is 0 Å². The quantitative estimate of drug-likeness (QED) is 0.269. The first kappa shape index (κ1) is 19.9. The van der Waals surface area contributed by atoms with Gasteiger partial charge in [-0.2, -0.15) is 0 Å². The van der Waals surface area contributed by atoms with Gasteiger partial charge in [0.15, 0.2) is 10.1 Å². The largest absolute Gasteiger partial charge is 0.299 e. The number of anilines is 1. The Morgan fingerprint density at radius 1 is 1.03 bits per heavy atom. The molecule has 2 aromatic heterocycles. The van der Waals surface area contributed by atoms with Gasteiger partial charge in [0.05, 0.1) is 23.0 Å². The Labute approximate surface area is 179 Å². The van der Waals surface area contributed by atoms with Crippen LogP contribution in [0.15, 0.2) is 70.1 Å². The van der Waals surface area contributed by atoms with E-state index in [2.05, 4.69) is 20.5 Å². The topological polar surface area (TPSA) is 107 Å². The van der Waals surface area contributed by atoms with Crippen LogP contribution in [0, 0.1) is 0 Å². The molecule has 30 heavy (non-hydrogen) atoms. The maximum absolute atomic E-state index is 12.5. The summed E-state index contributed by atoms with van der Waals surface area (Å²) in [7, 11) is 0. The summed E-state index contributed by atoms with van der Waals surface area (Å²) < 4.78 is 1.81. The molecule has 0 fully saturated rings. The standard InChI is InChI=1S/C20H15N5O3S2/c26-16(13-6-2-1-3-7-13)11-29-20-24-23-19(30-20)22-17(27)10-25-12-21-15-9-5-4-8-14(15)18(25)28/h1-9,12H,10-11H2,(H,22,23,27). The number of para-hydroxylation sites is 1. The van der Waals surface area contributed by atoms with E-state index >= 15 is 0 Å². The zero-order chi connectivity index (χ0) is 20.9. The van der Waals surface area contributed by atoms with E-state index in [4.69, 9.17) is 0 Å². The van der Waals surface area contributed by atoms with Crippen LogP contribution in [0.25, 0.3) is 10.9 Å². The zero-order valence-corrected chi connectivity index (χ0v) is 17.2. The Hall–Kier alpha value is -3.37. The molecule has 0 saturated carbocycles. The summed E-state index contributed by atoms with van der Waals surface area (Å²) in [5, 5.41) is 11.3. The van der Waals surface area contributed by atoms with Gasteiger partial charge in [-0.05, 0) is 12.1 Å². The predicted molar refractivity (Wildman–Crippen MR) is 116 cm³/mol. The number of hydrogen-bond acceptors (Lipinski definition) is 8. The number of hydrogen-bond donors (Lipinski definition) is 1. The molecule has 4 rings (SSSR count). The highest BCUT2D eigenvalue weighted by molar-refractivity contribution is 8.01. The maximum Gasteiger partial charge on any atom is 0.261 e. The minimum Gasteiger partial charge on any atom is -0.299 e. The van der Waals surface area contributed by atoms with Crippen molar-refractivity contribution in [1.29, 1.82) is 0 Å². The number of carbonyl (C=O) groups excluding carboxylic acids is 2. The van der Waals surface area contributed by atoms with E-state index in [9.17, 15) is 14.4 Å². The summed E-state index contributed by atoms with van der Waals surface area (Å²) in [5.74, 6) is -0.197. The van der Waals surface area contributed by atoms with Crippen molar-refractivity contribution in [3.05, 3.63) is 76.8 Å². The second kappa shape index (κ2) is 8.97. The summed E-state index contributed by atoms with van der Waals surface area (Å²) in [6.07, 6.45) is 1.35. The average molecular weight is 438 g/mol. The minimum absolute atomic E-state index is 0.00966. The highest BCUT2D eigenvalue weighted by Crippen LogP contribution is 2.26. The Kier molecular flexibility index (Phi) is 5.96. The first-order valence-corrected chi connectivity index (χ1v) is 10.7. The highest BCUT2D eigenvalue weighted by atomic mass is 32.2. The molecule has 8 nitrogen and oxygen atoms in total. The third-order valence-corrected chi connectivity index (χ3v) is 6.09. The van der Waals surface area contributed by atoms with Crippen LogP contribution in [0.4, 0.5) is 5.13 Å². The molecule has 0 aliphatic rings. The third-order valence-electron chi connectivity index (χ3n) is 4.12. The molecular formula is C20H15N5O3S2. The molecule has 10 heteroatoms. The summed E-state index contributed by atoms with van der Waals surface area (Å²) in [4.78, 5) is 41.1. The predicted octanol–water partition coefficient (Wildman–Crippen LogP) is 2.86. The number of Topliss-reactive ketones (excluding diaryl/α,β-unsaturated/α-hetero) is 1. The minimum atomic E-state index is -0.415. The van der Waals surface area contributed by atoms with Gasteiger partial charge < -0.3 is 0 Å². The van der Waals surface area contributed by atoms with E-state index in [1.165, 1.54) is 34.0 Å². The number of benzene rings is 2. The van der Waals surface area contributed by atoms with Crippen LogP contribution >= 0.6 is 23.1 Å². The van der Waals surface area contributed by atoms with Crippen molar-refractivity contribution in [3.63, 3.8) is 0 Å². The number of amides is 1. The molecule has 0 spiro atoms. The second-order valence-corrected chi connectivity index (χ2v) is 8.39. The van der Waals surface area contributed by atoms with Gasteiger partial charge in [0, 0.05) is 5.56 Å². The van der Waals surface area contributed by atoms with Crippen molar-refractivity contribution in [2.24, 2.45) is 0 Å². The molecule has 0 saturated heterocycles. The zero-order valence-electron chi connectivity index (χ0n) is 15.5. The van der Waals surface area contributed by atoms with Gasteiger partial charge in [0.1, 0.15) is 6.54 Å². The van der Waals surface area contributed by atoms with Gasteiger partial charge in [-0.15, -0.1) is 10.2 Å². The van der Waals surface area contributed by atoms with Crippen LogP contribution in [0.2, 0.25) is 0 Å². The van der Waals surface area contributed by atoms with Crippen LogP contribution in [0.5, 0.6) is 0 Å². The van der Waals surface area contributed by atoms with Crippen LogP contribution in [-0.4, -0.2) is 37.2 Å². The number of fused-ring (bicyclic) bond motifs is 1. The third kappa shape index (κ3) is 4.61. The number of ketones is 1. The monoisotopic (exact) mass is 437 g/mol. The van der Waals surface area contributed by atoms with Crippen molar-refractivity contribution in [3.8, 4) is 0 Å². The smallest absolute Gasteiger partial charge is 0.261 e. The lowest BCUT2D eigenvalue weighted by molar-refractivity contribution is -0.116. The highest BCUT2D eigenvalue weighted by Gasteiger charge is 2.13. The van der Waals surface area contributed by atoms with Gasteiger partial charge in [0.25, 0.3) is 5.56 Å². The van der Waals surface area contributed by atoms with Crippen LogP contribution in [-0.2, 0) is 11.3 Å². The van der Waals surface area contributed by atoms with Crippen molar-refractivity contribution < 1.29 is 9.59 Å². The number of thioether (sulfide) groups is 1. The number of carbonyl (C=O) groups is 2. The summed E-state index contributed by atoms with van der Waals surface area (Å²) >= 11 is 2.43. The van der Waals surface area contributed by atoms with Gasteiger partial charge in [-0.25, -0.2) is 4.98 Å². The van der Waals surface area contributed by atoms with Crippen LogP contribution in [0.1, 0.15) is 10.4 Å². The van der Waals surface area contributed by atoms with Crippen LogP contribution in [0.3, 0.4) is 0 Å². The summed E-state index contributed by atoms with van der Waals surface area (Å²) in [6.45, 7) is -0.189. The molecule has 0 radical (unpaired) electrons. The number of rotatable bonds is 7. The molecular weight excluding hydrogens is 422 g/mol. The Morgan fingerprint density at radius 2 is 1.80 bits per heavy atom. The van der Waals surface area contributed by atoms with E-state index in [0.29, 0.717) is 25.9 Å². The van der Waals surface area contributed by atoms with Gasteiger partial charge >= 0.3 is 0 Å². The fraction of sp³-hybridized carbons (Fsp3) is 0.100. The van der Waals surface area contributed by atoms with E-state index < -0.39 is 5.91 Å².